The first-order chi connectivity index (χ1) is 10.6. The van der Waals surface area contributed by atoms with Crippen molar-refractivity contribution in [2.75, 3.05) is 11.9 Å². The number of fused-ring (bicyclic) bond motifs is 1. The van der Waals surface area contributed by atoms with E-state index in [-0.39, 0.29) is 11.9 Å². The molecule has 0 aromatic carbocycles. The van der Waals surface area contributed by atoms with Crippen molar-refractivity contribution in [1.29, 1.82) is 0 Å². The van der Waals surface area contributed by atoms with E-state index in [1.54, 1.807) is 18.3 Å². The van der Waals surface area contributed by atoms with E-state index in [0.29, 0.717) is 23.1 Å². The van der Waals surface area contributed by atoms with Crippen molar-refractivity contribution < 1.29 is 14.3 Å². The molecule has 1 N–H and O–H groups in total. The van der Waals surface area contributed by atoms with E-state index in [2.05, 4.69) is 12.2 Å². The summed E-state index contributed by atoms with van der Waals surface area (Å²) >= 11 is 1.55. The second kappa shape index (κ2) is 7.77. The smallest absolute Gasteiger partial charge is 0.341 e. The highest BCUT2D eigenvalue weighted by atomic mass is 32.1. The number of carbonyl (C=O) groups excluding carboxylic acids is 2. The largest absolute Gasteiger partial charge is 0.462 e. The maximum Gasteiger partial charge on any atom is 0.341 e. The lowest BCUT2D eigenvalue weighted by molar-refractivity contribution is -0.114. The van der Waals surface area contributed by atoms with Crippen LogP contribution in [0.25, 0.3) is 0 Å². The normalized spacial score (nSPS) is 17.0. The van der Waals surface area contributed by atoms with Crippen molar-refractivity contribution in [2.24, 2.45) is 5.92 Å². The molecule has 0 radical (unpaired) electrons. The minimum absolute atomic E-state index is 0.147. The van der Waals surface area contributed by atoms with Crippen molar-refractivity contribution >= 4 is 28.2 Å². The number of thiophene rings is 1. The van der Waals surface area contributed by atoms with Gasteiger partial charge in [0.05, 0.1) is 12.2 Å². The van der Waals surface area contributed by atoms with E-state index in [9.17, 15) is 9.59 Å². The summed E-state index contributed by atoms with van der Waals surface area (Å²) in [5, 5.41) is 3.47. The number of rotatable bonds is 6. The number of esters is 1. The van der Waals surface area contributed by atoms with Crippen LogP contribution in [0.4, 0.5) is 5.00 Å². The van der Waals surface area contributed by atoms with Gasteiger partial charge >= 0.3 is 5.97 Å². The van der Waals surface area contributed by atoms with Gasteiger partial charge in [0, 0.05) is 11.8 Å². The van der Waals surface area contributed by atoms with Crippen LogP contribution in [0.5, 0.6) is 0 Å². The summed E-state index contributed by atoms with van der Waals surface area (Å²) in [5.41, 5.74) is 1.69. The molecule has 1 amide bonds. The van der Waals surface area contributed by atoms with Crippen LogP contribution in [0.2, 0.25) is 0 Å². The number of amides is 1. The molecule has 1 aliphatic carbocycles. The maximum absolute atomic E-state index is 12.3. The SMILES string of the molecule is CCCCC1CCc2c(sc(NC(C)=O)c2C(=O)OCC)C1. The molecule has 0 spiro atoms. The predicted molar refractivity (Wildman–Crippen MR) is 89.6 cm³/mol. The van der Waals surface area contributed by atoms with E-state index < -0.39 is 0 Å². The number of hydrogen-bond acceptors (Lipinski definition) is 4. The van der Waals surface area contributed by atoms with Crippen LogP contribution in [0.15, 0.2) is 0 Å². The third kappa shape index (κ3) is 3.88. The third-order valence-electron chi connectivity index (χ3n) is 4.10. The maximum atomic E-state index is 12.3. The first-order valence-corrected chi connectivity index (χ1v) is 8.97. The van der Waals surface area contributed by atoms with Gasteiger partial charge < -0.3 is 10.1 Å². The number of nitrogens with one attached hydrogen (secondary N) is 1. The molecule has 1 aromatic heterocycles. The quantitative estimate of drug-likeness (QED) is 0.799. The molecule has 0 bridgehead atoms. The van der Waals surface area contributed by atoms with Gasteiger partial charge in [-0.25, -0.2) is 4.79 Å². The zero-order chi connectivity index (χ0) is 16.1. The van der Waals surface area contributed by atoms with Crippen molar-refractivity contribution in [1.82, 2.24) is 0 Å². The van der Waals surface area contributed by atoms with Gasteiger partial charge in [-0.3, -0.25) is 4.79 Å². The average molecular weight is 323 g/mol. The molecule has 1 aromatic rings. The fourth-order valence-electron chi connectivity index (χ4n) is 3.06. The first kappa shape index (κ1) is 17.0. The van der Waals surface area contributed by atoms with Gasteiger partial charge in [0.25, 0.3) is 0 Å². The monoisotopic (exact) mass is 323 g/mol. The summed E-state index contributed by atoms with van der Waals surface area (Å²) in [6.45, 7) is 5.84. The van der Waals surface area contributed by atoms with Crippen molar-refractivity contribution in [3.8, 4) is 0 Å². The van der Waals surface area contributed by atoms with Crippen molar-refractivity contribution in [2.45, 2.75) is 59.3 Å². The lowest BCUT2D eigenvalue weighted by Gasteiger charge is -2.22. The highest BCUT2D eigenvalue weighted by Gasteiger charge is 2.29. The number of anilines is 1. The lowest BCUT2D eigenvalue weighted by atomic mass is 9.84. The van der Waals surface area contributed by atoms with E-state index in [4.69, 9.17) is 4.74 Å². The minimum Gasteiger partial charge on any atom is -0.462 e. The van der Waals surface area contributed by atoms with Crippen molar-refractivity contribution in [3.63, 3.8) is 0 Å². The Morgan fingerprint density at radius 1 is 1.36 bits per heavy atom. The fraction of sp³-hybridized carbons (Fsp3) is 0.647. The number of ether oxygens (including phenoxy) is 1. The fourth-order valence-corrected chi connectivity index (χ4v) is 4.46. The molecule has 1 aliphatic rings. The standard InChI is InChI=1S/C17H25NO3S/c1-4-6-7-12-8-9-13-14(10-12)22-16(18-11(3)19)15(13)17(20)21-5-2/h12H,4-10H2,1-3H3,(H,18,19). The average Bonchev–Trinajstić information content (AvgIpc) is 2.81. The van der Waals surface area contributed by atoms with Gasteiger partial charge in [-0.2, -0.15) is 0 Å². The summed E-state index contributed by atoms with van der Waals surface area (Å²) in [5.74, 6) is 0.244. The van der Waals surface area contributed by atoms with Gasteiger partial charge in [0.15, 0.2) is 0 Å². The van der Waals surface area contributed by atoms with Crippen LogP contribution >= 0.6 is 11.3 Å². The first-order valence-electron chi connectivity index (χ1n) is 8.16. The summed E-state index contributed by atoms with van der Waals surface area (Å²) in [6.07, 6.45) is 6.78. The molecule has 1 heterocycles. The number of carbonyl (C=O) groups is 2. The van der Waals surface area contributed by atoms with Crippen LogP contribution in [0.3, 0.4) is 0 Å². The van der Waals surface area contributed by atoms with Crippen molar-refractivity contribution in [3.05, 3.63) is 16.0 Å². The molecule has 1 unspecified atom stereocenters. The topological polar surface area (TPSA) is 55.4 Å². The molecule has 0 saturated heterocycles. The highest BCUT2D eigenvalue weighted by molar-refractivity contribution is 7.17. The lowest BCUT2D eigenvalue weighted by Crippen LogP contribution is -2.16. The van der Waals surface area contributed by atoms with E-state index >= 15 is 0 Å². The van der Waals surface area contributed by atoms with Crippen LogP contribution in [-0.4, -0.2) is 18.5 Å². The van der Waals surface area contributed by atoms with Gasteiger partial charge in [0.2, 0.25) is 5.91 Å². The molecule has 122 valence electrons. The second-order valence-electron chi connectivity index (χ2n) is 5.86. The van der Waals surface area contributed by atoms with E-state index in [1.165, 1.54) is 31.1 Å². The molecule has 5 heteroatoms. The van der Waals surface area contributed by atoms with Crippen LogP contribution in [0, 0.1) is 5.92 Å². The molecule has 4 nitrogen and oxygen atoms in total. The molecule has 2 rings (SSSR count). The molecule has 1 atom stereocenters. The molecule has 22 heavy (non-hydrogen) atoms. The Morgan fingerprint density at radius 2 is 2.14 bits per heavy atom. The summed E-state index contributed by atoms with van der Waals surface area (Å²) in [6, 6.07) is 0. The summed E-state index contributed by atoms with van der Waals surface area (Å²) < 4.78 is 5.18. The van der Waals surface area contributed by atoms with Crippen LogP contribution < -0.4 is 5.32 Å². The second-order valence-corrected chi connectivity index (χ2v) is 6.97. The zero-order valence-corrected chi connectivity index (χ0v) is 14.5. The van der Waals surface area contributed by atoms with Gasteiger partial charge in [-0.15, -0.1) is 11.3 Å². The Bertz CT molecular complexity index is 550. The van der Waals surface area contributed by atoms with Crippen LogP contribution in [-0.2, 0) is 22.4 Å². The third-order valence-corrected chi connectivity index (χ3v) is 5.27. The Hall–Kier alpha value is -1.36. The number of unbranched alkanes of at least 4 members (excludes halogenated alkanes) is 1. The molecule has 0 aliphatic heterocycles. The highest BCUT2D eigenvalue weighted by Crippen LogP contribution is 2.41. The van der Waals surface area contributed by atoms with E-state index in [0.717, 1.165) is 24.8 Å². The molecular weight excluding hydrogens is 298 g/mol. The molecule has 0 fully saturated rings. The predicted octanol–water partition coefficient (Wildman–Crippen LogP) is 4.18. The molecule has 0 saturated carbocycles. The Kier molecular flexibility index (Phi) is 6.00. The Balaban J connectivity index is 2.27. The minimum atomic E-state index is -0.309. The van der Waals surface area contributed by atoms with Gasteiger partial charge in [-0.1, -0.05) is 26.2 Å². The summed E-state index contributed by atoms with van der Waals surface area (Å²) in [7, 11) is 0. The van der Waals surface area contributed by atoms with E-state index in [1.807, 2.05) is 0 Å². The Morgan fingerprint density at radius 3 is 2.77 bits per heavy atom. The number of hydrogen-bond donors (Lipinski definition) is 1. The Labute approximate surface area is 136 Å². The zero-order valence-electron chi connectivity index (χ0n) is 13.7. The van der Waals surface area contributed by atoms with Gasteiger partial charge in [-0.05, 0) is 37.7 Å². The molecular formula is C17H25NO3S. The summed E-state index contributed by atoms with van der Waals surface area (Å²) in [4.78, 5) is 24.9. The van der Waals surface area contributed by atoms with Crippen LogP contribution in [0.1, 0.15) is 67.3 Å². The van der Waals surface area contributed by atoms with Gasteiger partial charge in [0.1, 0.15) is 5.00 Å².